The highest BCUT2D eigenvalue weighted by Crippen LogP contribution is 2.22. The molecule has 15 heavy (non-hydrogen) atoms. The van der Waals surface area contributed by atoms with E-state index in [4.69, 9.17) is 9.47 Å². The Balaban J connectivity index is 2.41. The minimum absolute atomic E-state index is 0.102. The Morgan fingerprint density at radius 1 is 1.53 bits per heavy atom. The summed E-state index contributed by atoms with van der Waals surface area (Å²) in [5.41, 5.74) is 1.21. The fraction of sp³-hybridized carbons (Fsp3) is 0.583. The molecule has 0 aromatic heterocycles. The topological polar surface area (TPSA) is 35.5 Å². The molecule has 0 aromatic rings. The number of hydrogen-bond acceptors (Lipinski definition) is 3. The zero-order chi connectivity index (χ0) is 11.3. The summed E-state index contributed by atoms with van der Waals surface area (Å²) in [5, 5.41) is 0. The Bertz CT molecular complexity index is 279. The maximum absolute atomic E-state index is 10.6. The largest absolute Gasteiger partial charge is 0.466 e. The molecule has 84 valence electrons. The lowest BCUT2D eigenvalue weighted by atomic mass is 9.92. The summed E-state index contributed by atoms with van der Waals surface area (Å²) in [6, 6.07) is 0. The summed E-state index contributed by atoms with van der Waals surface area (Å²) in [6.07, 6.45) is 7.20. The van der Waals surface area contributed by atoms with Crippen molar-refractivity contribution in [1.82, 2.24) is 0 Å². The summed E-state index contributed by atoms with van der Waals surface area (Å²) in [6.45, 7) is 3.93. The molecule has 0 bridgehead atoms. The molecule has 0 saturated heterocycles. The Hall–Kier alpha value is -1.09. The van der Waals surface area contributed by atoms with Gasteiger partial charge >= 0.3 is 5.97 Å². The number of hydrogen-bond donors (Lipinski definition) is 0. The van der Waals surface area contributed by atoms with Crippen LogP contribution in [0.4, 0.5) is 0 Å². The van der Waals surface area contributed by atoms with Crippen molar-refractivity contribution in [1.29, 1.82) is 0 Å². The second kappa shape index (κ2) is 5.71. The summed E-state index contributed by atoms with van der Waals surface area (Å²) < 4.78 is 10.3. The smallest absolute Gasteiger partial charge is 0.302 e. The van der Waals surface area contributed by atoms with E-state index in [-0.39, 0.29) is 12.1 Å². The number of rotatable bonds is 4. The van der Waals surface area contributed by atoms with E-state index in [9.17, 15) is 4.79 Å². The highest BCUT2D eigenvalue weighted by atomic mass is 16.5. The van der Waals surface area contributed by atoms with Gasteiger partial charge < -0.3 is 9.47 Å². The fourth-order valence-corrected chi connectivity index (χ4v) is 1.67. The third kappa shape index (κ3) is 3.88. The highest BCUT2D eigenvalue weighted by Gasteiger charge is 2.19. The number of ether oxygens (including phenoxy) is 2. The Labute approximate surface area is 90.8 Å². The second-order valence-corrected chi connectivity index (χ2v) is 3.76. The van der Waals surface area contributed by atoms with Crippen LogP contribution in [0, 0.1) is 5.92 Å². The summed E-state index contributed by atoms with van der Waals surface area (Å²) in [7, 11) is 1.70. The summed E-state index contributed by atoms with van der Waals surface area (Å²) in [5.74, 6) is 0.0773. The van der Waals surface area contributed by atoms with Crippen molar-refractivity contribution in [2.45, 2.75) is 26.4 Å². The van der Waals surface area contributed by atoms with Gasteiger partial charge in [0.05, 0.1) is 12.7 Å². The van der Waals surface area contributed by atoms with E-state index >= 15 is 0 Å². The molecule has 1 rings (SSSR count). The summed E-state index contributed by atoms with van der Waals surface area (Å²) >= 11 is 0. The van der Waals surface area contributed by atoms with E-state index < -0.39 is 0 Å². The van der Waals surface area contributed by atoms with Crippen LogP contribution in [0.15, 0.2) is 23.8 Å². The van der Waals surface area contributed by atoms with Crippen LogP contribution >= 0.6 is 0 Å². The van der Waals surface area contributed by atoms with E-state index in [1.807, 2.05) is 6.92 Å². The van der Waals surface area contributed by atoms with Crippen molar-refractivity contribution in [2.75, 3.05) is 13.7 Å². The average Bonchev–Trinajstić information content (AvgIpc) is 2.19. The van der Waals surface area contributed by atoms with Crippen molar-refractivity contribution in [3.8, 4) is 0 Å². The lowest BCUT2D eigenvalue weighted by Gasteiger charge is -2.24. The molecule has 0 aliphatic heterocycles. The average molecular weight is 210 g/mol. The monoisotopic (exact) mass is 210 g/mol. The Morgan fingerprint density at radius 2 is 2.27 bits per heavy atom. The second-order valence-electron chi connectivity index (χ2n) is 3.76. The van der Waals surface area contributed by atoms with Gasteiger partial charge in [0.1, 0.15) is 0 Å². The van der Waals surface area contributed by atoms with Gasteiger partial charge in [-0.15, -0.1) is 0 Å². The molecular weight excluding hydrogens is 192 g/mol. The number of esters is 1. The van der Waals surface area contributed by atoms with Gasteiger partial charge in [-0.2, -0.15) is 0 Å². The van der Waals surface area contributed by atoms with Crippen molar-refractivity contribution in [3.63, 3.8) is 0 Å². The maximum Gasteiger partial charge on any atom is 0.302 e. The van der Waals surface area contributed by atoms with Crippen LogP contribution < -0.4 is 0 Å². The van der Waals surface area contributed by atoms with E-state index in [0.29, 0.717) is 12.5 Å². The van der Waals surface area contributed by atoms with Crippen molar-refractivity contribution in [2.24, 2.45) is 5.92 Å². The fourth-order valence-electron chi connectivity index (χ4n) is 1.67. The first-order valence-electron chi connectivity index (χ1n) is 5.16. The van der Waals surface area contributed by atoms with Gasteiger partial charge in [0.25, 0.3) is 0 Å². The third-order valence-electron chi connectivity index (χ3n) is 2.48. The van der Waals surface area contributed by atoms with Crippen LogP contribution in [0.5, 0.6) is 0 Å². The molecule has 0 amide bonds. The molecule has 0 heterocycles. The first kappa shape index (κ1) is 12.0. The van der Waals surface area contributed by atoms with Gasteiger partial charge in [-0.3, -0.25) is 4.79 Å². The number of carbonyl (C=O) groups excluding carboxylic acids is 1. The highest BCUT2D eigenvalue weighted by molar-refractivity contribution is 5.65. The molecule has 0 fully saturated rings. The van der Waals surface area contributed by atoms with Crippen LogP contribution in [-0.4, -0.2) is 25.8 Å². The van der Waals surface area contributed by atoms with Crippen molar-refractivity contribution < 1.29 is 14.3 Å². The molecule has 2 atom stereocenters. The van der Waals surface area contributed by atoms with Crippen LogP contribution in [-0.2, 0) is 14.3 Å². The van der Waals surface area contributed by atoms with Crippen LogP contribution in [0.25, 0.3) is 0 Å². The Kier molecular flexibility index (Phi) is 4.56. The van der Waals surface area contributed by atoms with Gasteiger partial charge in [0.15, 0.2) is 0 Å². The van der Waals surface area contributed by atoms with Gasteiger partial charge in [-0.25, -0.2) is 0 Å². The minimum atomic E-state index is -0.226. The van der Waals surface area contributed by atoms with Crippen molar-refractivity contribution >= 4 is 5.97 Å². The molecule has 0 saturated carbocycles. The number of allylic oxidation sites excluding steroid dienone is 2. The first-order valence-corrected chi connectivity index (χ1v) is 5.16. The molecule has 0 N–H and O–H groups in total. The Morgan fingerprint density at radius 3 is 2.87 bits per heavy atom. The molecule has 0 radical (unpaired) electrons. The van der Waals surface area contributed by atoms with Crippen molar-refractivity contribution in [3.05, 3.63) is 23.8 Å². The molecule has 2 unspecified atom stereocenters. The van der Waals surface area contributed by atoms with E-state index in [1.54, 1.807) is 7.11 Å². The van der Waals surface area contributed by atoms with Gasteiger partial charge in [-0.1, -0.05) is 23.8 Å². The first-order chi connectivity index (χ1) is 7.13. The molecule has 3 nitrogen and oxygen atoms in total. The third-order valence-corrected chi connectivity index (χ3v) is 2.48. The van der Waals surface area contributed by atoms with Crippen LogP contribution in [0.2, 0.25) is 0 Å². The predicted molar refractivity (Wildman–Crippen MR) is 58.4 cm³/mol. The quantitative estimate of drug-likeness (QED) is 0.666. The van der Waals surface area contributed by atoms with Gasteiger partial charge in [0.2, 0.25) is 0 Å². The minimum Gasteiger partial charge on any atom is -0.466 e. The predicted octanol–water partition coefficient (Wildman–Crippen LogP) is 2.09. The van der Waals surface area contributed by atoms with E-state index in [2.05, 4.69) is 18.2 Å². The van der Waals surface area contributed by atoms with Gasteiger partial charge in [0, 0.05) is 20.0 Å². The zero-order valence-corrected chi connectivity index (χ0v) is 9.53. The molecular formula is C12H18O3. The van der Waals surface area contributed by atoms with E-state index in [0.717, 1.165) is 6.42 Å². The van der Waals surface area contributed by atoms with Crippen LogP contribution in [0.1, 0.15) is 20.3 Å². The lowest BCUT2D eigenvalue weighted by molar-refractivity contribution is -0.141. The molecule has 1 aliphatic rings. The SMILES string of the molecule is COC1C=C(C)C=CC1CCOC(C)=O. The normalized spacial score (nSPS) is 24.9. The molecule has 3 heteroatoms. The molecule has 1 aliphatic carbocycles. The number of methoxy groups -OCH3 is 1. The zero-order valence-electron chi connectivity index (χ0n) is 9.53. The molecule has 0 aromatic carbocycles. The molecule has 0 spiro atoms. The van der Waals surface area contributed by atoms with Crippen LogP contribution in [0.3, 0.4) is 0 Å². The van der Waals surface area contributed by atoms with Gasteiger partial charge in [-0.05, 0) is 13.3 Å². The standard InChI is InChI=1S/C12H18O3/c1-9-4-5-11(12(8-9)14-3)6-7-15-10(2)13/h4-5,8,11-12H,6-7H2,1-3H3. The summed E-state index contributed by atoms with van der Waals surface area (Å²) in [4.78, 5) is 10.6. The maximum atomic E-state index is 10.6. The lowest BCUT2D eigenvalue weighted by Crippen LogP contribution is -2.23. The number of carbonyl (C=O) groups is 1. The van der Waals surface area contributed by atoms with E-state index in [1.165, 1.54) is 12.5 Å².